The molecule has 1 aromatic heterocycles. The fourth-order valence-electron chi connectivity index (χ4n) is 0.894. The average molecular weight is 229 g/mol. The van der Waals surface area contributed by atoms with Crippen LogP contribution < -0.4 is 5.73 Å². The Kier molecular flexibility index (Phi) is 1.58. The van der Waals surface area contributed by atoms with Gasteiger partial charge >= 0.3 is 0 Å². The number of nitrogens with zero attached hydrogens (tertiary/aromatic N) is 1. The molecule has 0 amide bonds. The van der Waals surface area contributed by atoms with E-state index in [0.717, 1.165) is 20.4 Å². The number of aromatic nitrogens is 1. The van der Waals surface area contributed by atoms with Crippen LogP contribution in [-0.2, 0) is 0 Å². The monoisotopic (exact) mass is 228 g/mol. The molecular formula is C7H5BrN2S. The highest BCUT2D eigenvalue weighted by Gasteiger charge is 2.00. The number of nitrogens with two attached hydrogens (primary N) is 1. The zero-order valence-corrected chi connectivity index (χ0v) is 7.95. The van der Waals surface area contributed by atoms with Crippen LogP contribution in [0.1, 0.15) is 0 Å². The molecule has 0 unspecified atom stereocenters. The first kappa shape index (κ1) is 7.06. The SMILES string of the molecule is Nc1cc2scnc2cc1Br. The Hall–Kier alpha value is -0.610. The van der Waals surface area contributed by atoms with E-state index in [4.69, 9.17) is 5.73 Å². The second-order valence-corrected chi connectivity index (χ2v) is 3.93. The molecule has 0 bridgehead atoms. The van der Waals surface area contributed by atoms with Crippen molar-refractivity contribution in [3.05, 3.63) is 22.1 Å². The highest BCUT2D eigenvalue weighted by Crippen LogP contribution is 2.27. The van der Waals surface area contributed by atoms with E-state index in [1.807, 2.05) is 17.6 Å². The van der Waals surface area contributed by atoms with Gasteiger partial charge in [-0.25, -0.2) is 4.98 Å². The summed E-state index contributed by atoms with van der Waals surface area (Å²) < 4.78 is 2.04. The molecule has 0 radical (unpaired) electrons. The Labute approximate surface area is 76.2 Å². The van der Waals surface area contributed by atoms with E-state index < -0.39 is 0 Å². The smallest absolute Gasteiger partial charge is 0.0824 e. The van der Waals surface area contributed by atoms with Gasteiger partial charge in [0.1, 0.15) is 0 Å². The predicted octanol–water partition coefficient (Wildman–Crippen LogP) is 2.64. The minimum atomic E-state index is 0.766. The van der Waals surface area contributed by atoms with Gasteiger partial charge in [0.05, 0.1) is 15.7 Å². The van der Waals surface area contributed by atoms with E-state index in [-0.39, 0.29) is 0 Å². The van der Waals surface area contributed by atoms with Crippen LogP contribution in [0, 0.1) is 0 Å². The Morgan fingerprint density at radius 1 is 1.45 bits per heavy atom. The first-order valence-corrected chi connectivity index (χ1v) is 4.73. The number of hydrogen-bond acceptors (Lipinski definition) is 3. The van der Waals surface area contributed by atoms with Crippen molar-refractivity contribution in [3.8, 4) is 0 Å². The Morgan fingerprint density at radius 3 is 3.09 bits per heavy atom. The number of hydrogen-bond donors (Lipinski definition) is 1. The van der Waals surface area contributed by atoms with Gasteiger partial charge in [0.25, 0.3) is 0 Å². The van der Waals surface area contributed by atoms with Crippen molar-refractivity contribution in [1.29, 1.82) is 0 Å². The highest BCUT2D eigenvalue weighted by molar-refractivity contribution is 9.10. The lowest BCUT2D eigenvalue weighted by Crippen LogP contribution is -1.84. The van der Waals surface area contributed by atoms with Gasteiger partial charge in [0, 0.05) is 10.2 Å². The topological polar surface area (TPSA) is 38.9 Å². The number of rotatable bonds is 0. The van der Waals surface area contributed by atoms with Crippen LogP contribution in [0.2, 0.25) is 0 Å². The lowest BCUT2D eigenvalue weighted by atomic mass is 10.3. The number of nitrogen functional groups attached to an aromatic ring is 1. The van der Waals surface area contributed by atoms with Crippen molar-refractivity contribution in [3.63, 3.8) is 0 Å². The van der Waals surface area contributed by atoms with Crippen molar-refractivity contribution in [1.82, 2.24) is 4.98 Å². The fourth-order valence-corrected chi connectivity index (χ4v) is 1.93. The van der Waals surface area contributed by atoms with Gasteiger partial charge in [-0.05, 0) is 28.1 Å². The maximum absolute atomic E-state index is 5.68. The zero-order chi connectivity index (χ0) is 7.84. The first-order valence-electron chi connectivity index (χ1n) is 3.05. The van der Waals surface area contributed by atoms with Crippen LogP contribution in [0.3, 0.4) is 0 Å². The Balaban J connectivity index is 2.86. The summed E-state index contributed by atoms with van der Waals surface area (Å²) in [7, 11) is 0. The summed E-state index contributed by atoms with van der Waals surface area (Å²) in [5.41, 5.74) is 9.26. The molecule has 0 aliphatic rings. The van der Waals surface area contributed by atoms with Gasteiger partial charge < -0.3 is 5.73 Å². The van der Waals surface area contributed by atoms with E-state index in [0.29, 0.717) is 0 Å². The summed E-state index contributed by atoms with van der Waals surface area (Å²) in [5, 5.41) is 0. The van der Waals surface area contributed by atoms with Crippen molar-refractivity contribution >= 4 is 43.2 Å². The summed E-state index contributed by atoms with van der Waals surface area (Å²) in [6.45, 7) is 0. The quantitative estimate of drug-likeness (QED) is 0.705. The van der Waals surface area contributed by atoms with Crippen LogP contribution in [0.25, 0.3) is 10.2 Å². The minimum absolute atomic E-state index is 0.766. The number of thiazole rings is 1. The molecule has 0 fully saturated rings. The number of halogens is 1. The third-order valence-corrected chi connectivity index (χ3v) is 2.93. The van der Waals surface area contributed by atoms with Crippen LogP contribution in [0.4, 0.5) is 5.69 Å². The van der Waals surface area contributed by atoms with Gasteiger partial charge in [-0.2, -0.15) is 0 Å². The van der Waals surface area contributed by atoms with Crippen LogP contribution >= 0.6 is 27.3 Å². The van der Waals surface area contributed by atoms with Crippen molar-refractivity contribution in [2.45, 2.75) is 0 Å². The van der Waals surface area contributed by atoms with E-state index in [9.17, 15) is 0 Å². The lowest BCUT2D eigenvalue weighted by molar-refractivity contribution is 1.49. The minimum Gasteiger partial charge on any atom is -0.398 e. The largest absolute Gasteiger partial charge is 0.398 e. The average Bonchev–Trinajstić information content (AvgIpc) is 2.36. The van der Waals surface area contributed by atoms with Gasteiger partial charge in [0.2, 0.25) is 0 Å². The lowest BCUT2D eigenvalue weighted by Gasteiger charge is -1.95. The van der Waals surface area contributed by atoms with Gasteiger partial charge in [-0.15, -0.1) is 11.3 Å². The second-order valence-electron chi connectivity index (χ2n) is 2.19. The first-order chi connectivity index (χ1) is 5.27. The molecule has 56 valence electrons. The molecule has 1 heterocycles. The third-order valence-electron chi connectivity index (χ3n) is 1.45. The molecule has 0 atom stereocenters. The zero-order valence-electron chi connectivity index (χ0n) is 5.54. The highest BCUT2D eigenvalue weighted by atomic mass is 79.9. The van der Waals surface area contributed by atoms with E-state index in [1.54, 1.807) is 11.3 Å². The number of fused-ring (bicyclic) bond motifs is 1. The maximum atomic E-state index is 5.68. The standard InChI is InChI=1S/C7H5BrN2S/c8-4-1-6-7(2-5(4)9)11-3-10-6/h1-3H,9H2. The third kappa shape index (κ3) is 1.12. The van der Waals surface area contributed by atoms with Gasteiger partial charge in [-0.3, -0.25) is 0 Å². The van der Waals surface area contributed by atoms with Crippen molar-refractivity contribution < 1.29 is 0 Å². The molecule has 0 saturated heterocycles. The molecule has 0 saturated carbocycles. The van der Waals surface area contributed by atoms with Crippen LogP contribution in [-0.4, -0.2) is 4.98 Å². The molecular weight excluding hydrogens is 224 g/mol. The predicted molar refractivity (Wildman–Crippen MR) is 51.7 cm³/mol. The Morgan fingerprint density at radius 2 is 2.27 bits per heavy atom. The molecule has 0 spiro atoms. The molecule has 0 aliphatic heterocycles. The number of benzene rings is 1. The fraction of sp³-hybridized carbons (Fsp3) is 0. The molecule has 0 aliphatic carbocycles. The molecule has 2 rings (SSSR count). The van der Waals surface area contributed by atoms with E-state index >= 15 is 0 Å². The molecule has 2 nitrogen and oxygen atoms in total. The summed E-state index contributed by atoms with van der Waals surface area (Å²) in [6, 6.07) is 3.86. The van der Waals surface area contributed by atoms with E-state index in [1.165, 1.54) is 0 Å². The molecule has 2 aromatic rings. The number of anilines is 1. The molecule has 4 heteroatoms. The molecule has 1 aromatic carbocycles. The van der Waals surface area contributed by atoms with Gasteiger partial charge in [-0.1, -0.05) is 0 Å². The summed E-state index contributed by atoms with van der Waals surface area (Å²) in [4.78, 5) is 4.15. The molecule has 11 heavy (non-hydrogen) atoms. The van der Waals surface area contributed by atoms with E-state index in [2.05, 4.69) is 20.9 Å². The normalized spacial score (nSPS) is 10.6. The van der Waals surface area contributed by atoms with Crippen LogP contribution in [0.15, 0.2) is 22.1 Å². The molecule has 2 N–H and O–H groups in total. The van der Waals surface area contributed by atoms with Crippen LogP contribution in [0.5, 0.6) is 0 Å². The van der Waals surface area contributed by atoms with Crippen molar-refractivity contribution in [2.75, 3.05) is 5.73 Å². The Bertz CT molecular complexity index is 360. The summed E-state index contributed by atoms with van der Waals surface area (Å²) in [5.74, 6) is 0. The second kappa shape index (κ2) is 2.46. The maximum Gasteiger partial charge on any atom is 0.0824 e. The summed E-state index contributed by atoms with van der Waals surface area (Å²) in [6.07, 6.45) is 0. The summed E-state index contributed by atoms with van der Waals surface area (Å²) >= 11 is 4.94. The van der Waals surface area contributed by atoms with Gasteiger partial charge in [0.15, 0.2) is 0 Å². The van der Waals surface area contributed by atoms with Crippen molar-refractivity contribution in [2.24, 2.45) is 0 Å².